The number of aliphatic hydroxyl groups is 1. The molecule has 90 valence electrons. The van der Waals surface area contributed by atoms with Gasteiger partial charge in [0.25, 0.3) is 0 Å². The topological polar surface area (TPSA) is 66.4 Å². The Labute approximate surface area is 94.2 Å². The maximum absolute atomic E-state index is 12.8. The van der Waals surface area contributed by atoms with E-state index < -0.39 is 15.8 Å². The van der Waals surface area contributed by atoms with Crippen LogP contribution in [0.4, 0.5) is 4.39 Å². The van der Waals surface area contributed by atoms with E-state index in [9.17, 15) is 12.8 Å². The van der Waals surface area contributed by atoms with Crippen molar-refractivity contribution in [2.45, 2.75) is 18.2 Å². The Morgan fingerprint density at radius 2 is 2.12 bits per heavy atom. The van der Waals surface area contributed by atoms with Crippen molar-refractivity contribution < 1.29 is 17.9 Å². The molecule has 0 heterocycles. The number of sulfonamides is 1. The van der Waals surface area contributed by atoms with Crippen LogP contribution in [0, 0.1) is 12.7 Å². The lowest BCUT2D eigenvalue weighted by atomic mass is 10.2. The Bertz CT molecular complexity index is 459. The predicted molar refractivity (Wildman–Crippen MR) is 58.0 cm³/mol. The van der Waals surface area contributed by atoms with Gasteiger partial charge in [0.05, 0.1) is 4.90 Å². The zero-order chi connectivity index (χ0) is 12.2. The summed E-state index contributed by atoms with van der Waals surface area (Å²) in [5.41, 5.74) is 0.358. The number of hydrogen-bond donors (Lipinski definition) is 2. The summed E-state index contributed by atoms with van der Waals surface area (Å²) in [6.07, 6.45) is 0.347. The van der Waals surface area contributed by atoms with Gasteiger partial charge in [0.1, 0.15) is 5.82 Å². The molecule has 0 aliphatic carbocycles. The summed E-state index contributed by atoms with van der Waals surface area (Å²) in [7, 11) is -3.61. The van der Waals surface area contributed by atoms with E-state index >= 15 is 0 Å². The van der Waals surface area contributed by atoms with Crippen molar-refractivity contribution in [2.24, 2.45) is 0 Å². The molecule has 0 spiro atoms. The lowest BCUT2D eigenvalue weighted by Gasteiger charge is -2.08. The van der Waals surface area contributed by atoms with Crippen LogP contribution in [0.1, 0.15) is 12.0 Å². The molecule has 0 aliphatic rings. The van der Waals surface area contributed by atoms with E-state index in [2.05, 4.69) is 4.72 Å². The molecular formula is C10H14FNO3S. The van der Waals surface area contributed by atoms with Gasteiger partial charge in [0.2, 0.25) is 10.0 Å². The summed E-state index contributed by atoms with van der Waals surface area (Å²) in [6, 6.07) is 3.50. The molecule has 0 fully saturated rings. The number of benzene rings is 1. The lowest BCUT2D eigenvalue weighted by Crippen LogP contribution is -2.26. The number of hydrogen-bond acceptors (Lipinski definition) is 3. The summed E-state index contributed by atoms with van der Waals surface area (Å²) < 4.78 is 38.6. The molecule has 1 rings (SSSR count). The third kappa shape index (κ3) is 3.26. The standard InChI is InChI=1S/C10H14FNO3S/c1-8-7-9(11)3-4-10(8)16(14,15)12-5-2-6-13/h3-4,7,12-13H,2,5-6H2,1H3. The molecule has 4 nitrogen and oxygen atoms in total. The van der Waals surface area contributed by atoms with Crippen molar-refractivity contribution in [3.63, 3.8) is 0 Å². The van der Waals surface area contributed by atoms with E-state index in [1.54, 1.807) is 0 Å². The van der Waals surface area contributed by atoms with Crippen molar-refractivity contribution in [3.05, 3.63) is 29.6 Å². The van der Waals surface area contributed by atoms with Crippen molar-refractivity contribution in [3.8, 4) is 0 Å². The van der Waals surface area contributed by atoms with Gasteiger partial charge in [-0.15, -0.1) is 0 Å². The lowest BCUT2D eigenvalue weighted by molar-refractivity contribution is 0.289. The highest BCUT2D eigenvalue weighted by atomic mass is 32.2. The van der Waals surface area contributed by atoms with E-state index in [4.69, 9.17) is 5.11 Å². The van der Waals surface area contributed by atoms with Gasteiger partial charge in [-0.05, 0) is 37.1 Å². The zero-order valence-corrected chi connectivity index (χ0v) is 9.72. The predicted octanol–water partition coefficient (Wildman–Crippen LogP) is 0.795. The molecule has 0 saturated heterocycles. The summed E-state index contributed by atoms with van der Waals surface area (Å²) in [4.78, 5) is 0.0619. The Morgan fingerprint density at radius 3 is 2.69 bits per heavy atom. The van der Waals surface area contributed by atoms with E-state index in [-0.39, 0.29) is 18.0 Å². The van der Waals surface area contributed by atoms with Gasteiger partial charge in [0, 0.05) is 13.2 Å². The first-order valence-corrected chi connectivity index (χ1v) is 6.32. The molecule has 6 heteroatoms. The normalized spacial score (nSPS) is 11.7. The monoisotopic (exact) mass is 247 g/mol. The minimum atomic E-state index is -3.61. The van der Waals surface area contributed by atoms with Gasteiger partial charge in [-0.1, -0.05) is 0 Å². The van der Waals surface area contributed by atoms with Crippen LogP contribution in [-0.4, -0.2) is 26.7 Å². The fourth-order valence-electron chi connectivity index (χ4n) is 1.28. The average Bonchev–Trinajstić information content (AvgIpc) is 2.17. The number of rotatable bonds is 5. The Morgan fingerprint density at radius 1 is 1.44 bits per heavy atom. The first-order chi connectivity index (χ1) is 7.47. The minimum absolute atomic E-state index is 0.0619. The average molecular weight is 247 g/mol. The molecule has 16 heavy (non-hydrogen) atoms. The Hall–Kier alpha value is -0.980. The molecule has 0 saturated carbocycles. The van der Waals surface area contributed by atoms with Crippen LogP contribution < -0.4 is 4.72 Å². The molecule has 0 aliphatic heterocycles. The van der Waals surface area contributed by atoms with Gasteiger partial charge >= 0.3 is 0 Å². The highest BCUT2D eigenvalue weighted by Crippen LogP contribution is 2.15. The van der Waals surface area contributed by atoms with Gasteiger partial charge in [-0.2, -0.15) is 0 Å². The molecule has 2 N–H and O–H groups in total. The van der Waals surface area contributed by atoms with E-state index in [1.807, 2.05) is 0 Å². The van der Waals surface area contributed by atoms with Crippen LogP contribution in [-0.2, 0) is 10.0 Å². The molecule has 0 amide bonds. The first-order valence-electron chi connectivity index (χ1n) is 4.84. The molecule has 1 aromatic rings. The molecule has 1 aromatic carbocycles. The van der Waals surface area contributed by atoms with Crippen molar-refractivity contribution in [1.29, 1.82) is 0 Å². The molecule has 0 unspecified atom stereocenters. The van der Waals surface area contributed by atoms with Crippen LogP contribution in [0.15, 0.2) is 23.1 Å². The fourth-order valence-corrected chi connectivity index (χ4v) is 2.58. The number of halogens is 1. The summed E-state index contributed by atoms with van der Waals surface area (Å²) in [5, 5.41) is 8.54. The molecule has 0 bridgehead atoms. The quantitative estimate of drug-likeness (QED) is 0.756. The molecule has 0 aromatic heterocycles. The van der Waals surface area contributed by atoms with Gasteiger partial charge in [-0.3, -0.25) is 0 Å². The summed E-state index contributed by atoms with van der Waals surface area (Å²) in [6.45, 7) is 1.62. The Kier molecular flexibility index (Phi) is 4.40. The van der Waals surface area contributed by atoms with Crippen LogP contribution >= 0.6 is 0 Å². The van der Waals surface area contributed by atoms with Crippen LogP contribution in [0.5, 0.6) is 0 Å². The second-order valence-electron chi connectivity index (χ2n) is 3.38. The van der Waals surface area contributed by atoms with Crippen molar-refractivity contribution in [1.82, 2.24) is 4.72 Å². The van der Waals surface area contributed by atoms with Crippen LogP contribution in [0.25, 0.3) is 0 Å². The smallest absolute Gasteiger partial charge is 0.240 e. The summed E-state index contributed by atoms with van der Waals surface area (Å²) in [5.74, 6) is -0.466. The van der Waals surface area contributed by atoms with Crippen LogP contribution in [0.3, 0.4) is 0 Å². The minimum Gasteiger partial charge on any atom is -0.396 e. The highest BCUT2D eigenvalue weighted by molar-refractivity contribution is 7.89. The summed E-state index contributed by atoms with van der Waals surface area (Å²) >= 11 is 0. The SMILES string of the molecule is Cc1cc(F)ccc1S(=O)(=O)NCCCO. The third-order valence-electron chi connectivity index (χ3n) is 2.05. The second-order valence-corrected chi connectivity index (χ2v) is 5.12. The largest absolute Gasteiger partial charge is 0.396 e. The first kappa shape index (κ1) is 13.1. The van der Waals surface area contributed by atoms with Gasteiger partial charge in [0.15, 0.2) is 0 Å². The van der Waals surface area contributed by atoms with Crippen molar-refractivity contribution in [2.75, 3.05) is 13.2 Å². The van der Waals surface area contributed by atoms with Crippen molar-refractivity contribution >= 4 is 10.0 Å². The van der Waals surface area contributed by atoms with E-state index in [0.717, 1.165) is 6.07 Å². The number of nitrogens with one attached hydrogen (secondary N) is 1. The maximum Gasteiger partial charge on any atom is 0.240 e. The molecule has 0 radical (unpaired) electrons. The van der Waals surface area contributed by atoms with E-state index in [0.29, 0.717) is 12.0 Å². The van der Waals surface area contributed by atoms with Crippen LogP contribution in [0.2, 0.25) is 0 Å². The van der Waals surface area contributed by atoms with E-state index in [1.165, 1.54) is 19.1 Å². The zero-order valence-electron chi connectivity index (χ0n) is 8.90. The third-order valence-corrected chi connectivity index (χ3v) is 3.67. The number of aliphatic hydroxyl groups excluding tert-OH is 1. The number of aryl methyl sites for hydroxylation is 1. The van der Waals surface area contributed by atoms with Gasteiger partial charge in [-0.25, -0.2) is 17.5 Å². The Balaban J connectivity index is 2.90. The van der Waals surface area contributed by atoms with Gasteiger partial charge < -0.3 is 5.11 Å². The fraction of sp³-hybridized carbons (Fsp3) is 0.400. The molecular weight excluding hydrogens is 233 g/mol. The molecule has 0 atom stereocenters. The second kappa shape index (κ2) is 5.38. The maximum atomic E-state index is 12.8. The highest BCUT2D eigenvalue weighted by Gasteiger charge is 2.16.